The summed E-state index contributed by atoms with van der Waals surface area (Å²) >= 11 is 0. The van der Waals surface area contributed by atoms with Gasteiger partial charge in [0, 0.05) is 10.8 Å². The van der Waals surface area contributed by atoms with Crippen LogP contribution in [0.25, 0.3) is 0 Å². The van der Waals surface area contributed by atoms with E-state index in [1.165, 1.54) is 0 Å². The average Bonchev–Trinajstić information content (AvgIpc) is 2.65. The molecule has 5 heteroatoms. The van der Waals surface area contributed by atoms with Gasteiger partial charge in [0.05, 0.1) is 33.0 Å². The molecule has 2 aliphatic heterocycles. The summed E-state index contributed by atoms with van der Waals surface area (Å²) in [5.74, 6) is -0.411. The number of hydrogen-bond acceptors (Lipinski definition) is 5. The number of aliphatic hydroxyl groups is 1. The molecule has 0 saturated carbocycles. The lowest BCUT2D eigenvalue weighted by molar-refractivity contribution is -0.283. The van der Waals surface area contributed by atoms with E-state index in [2.05, 4.69) is 19.9 Å². The zero-order chi connectivity index (χ0) is 21.6. The van der Waals surface area contributed by atoms with E-state index >= 15 is 0 Å². The quantitative estimate of drug-likeness (QED) is 0.508. The van der Waals surface area contributed by atoms with E-state index in [1.54, 1.807) is 0 Å². The van der Waals surface area contributed by atoms with Crippen molar-refractivity contribution >= 4 is 0 Å². The Labute approximate surface area is 178 Å². The van der Waals surface area contributed by atoms with Crippen molar-refractivity contribution in [3.63, 3.8) is 0 Å². The van der Waals surface area contributed by atoms with Gasteiger partial charge in [-0.15, -0.1) is 0 Å². The van der Waals surface area contributed by atoms with Gasteiger partial charge in [-0.2, -0.15) is 0 Å². The molecule has 1 N–H and O–H groups in total. The van der Waals surface area contributed by atoms with Gasteiger partial charge < -0.3 is 24.1 Å². The van der Waals surface area contributed by atoms with E-state index in [0.29, 0.717) is 5.92 Å². The molecule has 0 bridgehead atoms. The Morgan fingerprint density at radius 3 is 1.45 bits per heavy atom. The molecule has 0 aromatic rings. The third-order valence-electron chi connectivity index (χ3n) is 6.30. The first-order valence-electron chi connectivity index (χ1n) is 11.3. The van der Waals surface area contributed by atoms with Gasteiger partial charge in [0.15, 0.2) is 11.6 Å². The lowest BCUT2D eigenvalue weighted by atomic mass is 9.82. The molecule has 2 saturated heterocycles. The molecule has 0 spiro atoms. The van der Waals surface area contributed by atoms with Crippen molar-refractivity contribution in [1.29, 1.82) is 0 Å². The second kappa shape index (κ2) is 10.2. The van der Waals surface area contributed by atoms with Gasteiger partial charge in [-0.1, -0.05) is 38.8 Å². The van der Waals surface area contributed by atoms with Gasteiger partial charge in [-0.3, -0.25) is 0 Å². The van der Waals surface area contributed by atoms with Crippen molar-refractivity contribution in [2.75, 3.05) is 33.0 Å². The third-order valence-corrected chi connectivity index (χ3v) is 6.30. The summed E-state index contributed by atoms with van der Waals surface area (Å²) in [6.07, 6.45) is 10.8. The molecule has 2 aliphatic rings. The highest BCUT2D eigenvalue weighted by Crippen LogP contribution is 2.36. The standard InChI is InChI=1S/C24H44O5/c1-21(2)26-16-23(5,17-27-21)13-7-10-20(12-9-15-25)11-8-14-24(6)18-28-22(3,4)29-19-24/h9,12,20,25H,7-8,10-11,13-19H2,1-6H3/b12-9+. The van der Waals surface area contributed by atoms with E-state index < -0.39 is 11.6 Å². The van der Waals surface area contributed by atoms with E-state index in [9.17, 15) is 5.11 Å². The molecule has 5 nitrogen and oxygen atoms in total. The highest BCUT2D eigenvalue weighted by Gasteiger charge is 2.37. The second-order valence-corrected chi connectivity index (χ2v) is 10.7. The molecule has 0 atom stereocenters. The Balaban J connectivity index is 1.74. The van der Waals surface area contributed by atoms with Crippen LogP contribution in [0.5, 0.6) is 0 Å². The zero-order valence-corrected chi connectivity index (χ0v) is 19.6. The van der Waals surface area contributed by atoms with Gasteiger partial charge in [-0.25, -0.2) is 0 Å². The molecule has 0 aromatic carbocycles. The van der Waals surface area contributed by atoms with Crippen LogP contribution in [0.1, 0.15) is 80.1 Å². The summed E-state index contributed by atoms with van der Waals surface area (Å²) in [6.45, 7) is 15.6. The van der Waals surface area contributed by atoms with Crippen LogP contribution < -0.4 is 0 Å². The van der Waals surface area contributed by atoms with Crippen molar-refractivity contribution in [1.82, 2.24) is 0 Å². The molecule has 0 aliphatic carbocycles. The van der Waals surface area contributed by atoms with Gasteiger partial charge in [0.25, 0.3) is 0 Å². The van der Waals surface area contributed by atoms with Crippen LogP contribution in [0.2, 0.25) is 0 Å². The minimum absolute atomic E-state index is 0.0951. The molecular weight excluding hydrogens is 368 g/mol. The fraction of sp³-hybridized carbons (Fsp3) is 0.917. The molecule has 2 rings (SSSR count). The SMILES string of the molecule is CC1(CCCC(/C=C/CO)CCCC2(C)COC(C)(C)OC2)COC(C)(C)OC1. The van der Waals surface area contributed by atoms with Crippen LogP contribution in [0.15, 0.2) is 12.2 Å². The fourth-order valence-corrected chi connectivity index (χ4v) is 4.02. The molecule has 0 unspecified atom stereocenters. The summed E-state index contributed by atoms with van der Waals surface area (Å²) in [4.78, 5) is 0. The zero-order valence-electron chi connectivity index (χ0n) is 19.6. The Kier molecular flexibility index (Phi) is 8.75. The van der Waals surface area contributed by atoms with Crippen molar-refractivity contribution < 1.29 is 24.1 Å². The highest BCUT2D eigenvalue weighted by molar-refractivity contribution is 4.90. The summed E-state index contributed by atoms with van der Waals surface area (Å²) in [6, 6.07) is 0. The molecule has 0 radical (unpaired) electrons. The van der Waals surface area contributed by atoms with Crippen LogP contribution >= 0.6 is 0 Å². The molecule has 2 heterocycles. The normalized spacial score (nSPS) is 25.5. The van der Waals surface area contributed by atoms with E-state index in [1.807, 2.05) is 33.8 Å². The first-order chi connectivity index (χ1) is 13.5. The van der Waals surface area contributed by atoms with Gasteiger partial charge in [0.1, 0.15) is 0 Å². The topological polar surface area (TPSA) is 57.2 Å². The fourth-order valence-electron chi connectivity index (χ4n) is 4.02. The predicted molar refractivity (Wildman–Crippen MR) is 116 cm³/mol. The molecule has 170 valence electrons. The van der Waals surface area contributed by atoms with Crippen LogP contribution in [0, 0.1) is 16.7 Å². The smallest absolute Gasteiger partial charge is 0.162 e. The number of rotatable bonds is 10. The molecular formula is C24H44O5. The highest BCUT2D eigenvalue weighted by atomic mass is 16.7. The summed E-state index contributed by atoms with van der Waals surface area (Å²) in [7, 11) is 0. The second-order valence-electron chi connectivity index (χ2n) is 10.7. The Hall–Kier alpha value is -0.460. The van der Waals surface area contributed by atoms with Gasteiger partial charge in [0.2, 0.25) is 0 Å². The van der Waals surface area contributed by atoms with E-state index in [-0.39, 0.29) is 17.4 Å². The minimum Gasteiger partial charge on any atom is -0.392 e. The molecule has 29 heavy (non-hydrogen) atoms. The van der Waals surface area contributed by atoms with Crippen molar-refractivity contribution in [3.05, 3.63) is 12.2 Å². The number of allylic oxidation sites excluding steroid dienone is 1. The largest absolute Gasteiger partial charge is 0.392 e. The molecule has 0 amide bonds. The van der Waals surface area contributed by atoms with Gasteiger partial charge in [-0.05, 0) is 59.3 Å². The molecule has 2 fully saturated rings. The summed E-state index contributed by atoms with van der Waals surface area (Å²) < 4.78 is 23.5. The monoisotopic (exact) mass is 412 g/mol. The van der Waals surface area contributed by atoms with Gasteiger partial charge >= 0.3 is 0 Å². The minimum atomic E-state index is -0.455. The first-order valence-corrected chi connectivity index (χ1v) is 11.3. The maximum Gasteiger partial charge on any atom is 0.162 e. The maximum absolute atomic E-state index is 9.20. The van der Waals surface area contributed by atoms with Crippen LogP contribution in [-0.4, -0.2) is 49.7 Å². The Morgan fingerprint density at radius 2 is 1.10 bits per heavy atom. The van der Waals surface area contributed by atoms with E-state index in [4.69, 9.17) is 18.9 Å². The lowest BCUT2D eigenvalue weighted by Gasteiger charge is -2.42. The van der Waals surface area contributed by atoms with Crippen LogP contribution in [-0.2, 0) is 18.9 Å². The molecule has 0 aromatic heterocycles. The van der Waals surface area contributed by atoms with Crippen LogP contribution in [0.4, 0.5) is 0 Å². The first kappa shape index (κ1) is 24.8. The third kappa shape index (κ3) is 8.66. The number of aliphatic hydroxyl groups excluding tert-OH is 1. The Morgan fingerprint density at radius 1 is 0.724 bits per heavy atom. The number of ether oxygens (including phenoxy) is 4. The lowest BCUT2D eigenvalue weighted by Crippen LogP contribution is -2.45. The predicted octanol–water partition coefficient (Wildman–Crippen LogP) is 5.07. The van der Waals surface area contributed by atoms with E-state index in [0.717, 1.165) is 65.0 Å². The van der Waals surface area contributed by atoms with Crippen molar-refractivity contribution in [2.24, 2.45) is 16.7 Å². The van der Waals surface area contributed by atoms with Crippen LogP contribution in [0.3, 0.4) is 0 Å². The van der Waals surface area contributed by atoms with Crippen molar-refractivity contribution in [3.8, 4) is 0 Å². The summed E-state index contributed by atoms with van der Waals surface area (Å²) in [5, 5.41) is 9.20. The Bertz CT molecular complexity index is 465. The van der Waals surface area contributed by atoms with Crippen molar-refractivity contribution in [2.45, 2.75) is 91.6 Å². The average molecular weight is 413 g/mol. The maximum atomic E-state index is 9.20. The summed E-state index contributed by atoms with van der Waals surface area (Å²) in [5.41, 5.74) is 0.190. The number of hydrogen-bond donors (Lipinski definition) is 1.